The van der Waals surface area contributed by atoms with Crippen LogP contribution in [0.3, 0.4) is 0 Å². The maximum absolute atomic E-state index is 14.6. The van der Waals surface area contributed by atoms with Crippen LogP contribution in [0.4, 0.5) is 0 Å². The number of carbonyl (C=O) groups is 2. The topological polar surface area (TPSA) is 54.4 Å². The Morgan fingerprint density at radius 3 is 1.46 bits per heavy atom. The van der Waals surface area contributed by atoms with Gasteiger partial charge in [0.25, 0.3) is 0 Å². The van der Waals surface area contributed by atoms with Crippen molar-refractivity contribution in [1.29, 1.82) is 0 Å². The Hall–Kier alpha value is -4.60. The highest BCUT2D eigenvalue weighted by atomic mass is 16.3. The lowest BCUT2D eigenvalue weighted by Gasteiger charge is -2.51. The minimum absolute atomic E-state index is 0.0192. The summed E-state index contributed by atoms with van der Waals surface area (Å²) in [7, 11) is 0. The van der Waals surface area contributed by atoms with Crippen molar-refractivity contribution in [3.05, 3.63) is 179 Å². The van der Waals surface area contributed by atoms with E-state index in [1.54, 1.807) is 12.1 Å². The molecule has 0 amide bonds. The Labute approximate surface area is 241 Å². The van der Waals surface area contributed by atoms with Gasteiger partial charge in [0.05, 0.1) is 5.92 Å². The lowest BCUT2D eigenvalue weighted by atomic mass is 9.52. The lowest BCUT2D eigenvalue weighted by Crippen LogP contribution is -2.53. The van der Waals surface area contributed by atoms with Gasteiger partial charge < -0.3 is 5.11 Å². The van der Waals surface area contributed by atoms with E-state index >= 15 is 0 Å². The van der Waals surface area contributed by atoms with Gasteiger partial charge >= 0.3 is 0 Å². The van der Waals surface area contributed by atoms with E-state index in [2.05, 4.69) is 0 Å². The minimum Gasteiger partial charge on any atom is -0.384 e. The molecule has 1 fully saturated rings. The molecule has 0 saturated heterocycles. The number of Topliss-reactive ketones (excluding diaryl/α,β-unsaturated/α-hetero) is 2. The van der Waals surface area contributed by atoms with Crippen molar-refractivity contribution in [2.45, 2.75) is 23.9 Å². The van der Waals surface area contributed by atoms with E-state index in [0.717, 1.165) is 11.1 Å². The lowest BCUT2D eigenvalue weighted by molar-refractivity contribution is -0.0690. The summed E-state index contributed by atoms with van der Waals surface area (Å²) in [6.45, 7) is 0. The Bertz CT molecular complexity index is 1600. The summed E-state index contributed by atoms with van der Waals surface area (Å²) in [5.41, 5.74) is 2.13. The minimum atomic E-state index is -1.53. The van der Waals surface area contributed by atoms with Crippen molar-refractivity contribution in [3.8, 4) is 0 Å². The quantitative estimate of drug-likeness (QED) is 0.216. The third kappa shape index (κ3) is 5.05. The molecule has 5 aromatic rings. The van der Waals surface area contributed by atoms with Crippen LogP contribution in [0.5, 0.6) is 0 Å². The Morgan fingerprint density at radius 1 is 0.537 bits per heavy atom. The molecular formula is C38H32O3. The second kappa shape index (κ2) is 11.5. The van der Waals surface area contributed by atoms with Crippen molar-refractivity contribution in [3.63, 3.8) is 0 Å². The van der Waals surface area contributed by atoms with Crippen molar-refractivity contribution in [2.24, 2.45) is 11.8 Å². The Balaban J connectivity index is 1.64. The van der Waals surface area contributed by atoms with E-state index in [1.807, 2.05) is 140 Å². The Morgan fingerprint density at radius 2 is 0.951 bits per heavy atom. The summed E-state index contributed by atoms with van der Waals surface area (Å²) < 4.78 is 0. The monoisotopic (exact) mass is 536 g/mol. The summed E-state index contributed by atoms with van der Waals surface area (Å²) >= 11 is 0. The molecule has 1 saturated carbocycles. The van der Waals surface area contributed by atoms with Gasteiger partial charge in [-0.05, 0) is 29.0 Å². The number of carbonyl (C=O) groups excluding carboxylic acids is 2. The average molecular weight is 537 g/mol. The molecule has 3 heteroatoms. The second-order valence-corrected chi connectivity index (χ2v) is 10.9. The van der Waals surface area contributed by atoms with Crippen molar-refractivity contribution >= 4 is 11.6 Å². The molecule has 0 aromatic heterocycles. The van der Waals surface area contributed by atoms with Crippen molar-refractivity contribution in [1.82, 2.24) is 0 Å². The zero-order chi connectivity index (χ0) is 28.2. The smallest absolute Gasteiger partial charge is 0.169 e. The first-order valence-electron chi connectivity index (χ1n) is 14.1. The second-order valence-electron chi connectivity index (χ2n) is 10.9. The van der Waals surface area contributed by atoms with Gasteiger partial charge in [-0.25, -0.2) is 0 Å². The van der Waals surface area contributed by atoms with E-state index in [-0.39, 0.29) is 23.9 Å². The van der Waals surface area contributed by atoms with Crippen LogP contribution >= 0.6 is 0 Å². The molecule has 6 rings (SSSR count). The number of aliphatic hydroxyl groups is 1. The third-order valence-corrected chi connectivity index (χ3v) is 8.61. The van der Waals surface area contributed by atoms with Gasteiger partial charge in [-0.15, -0.1) is 0 Å². The van der Waals surface area contributed by atoms with Crippen LogP contribution in [0.1, 0.15) is 55.7 Å². The van der Waals surface area contributed by atoms with E-state index in [0.29, 0.717) is 16.7 Å². The van der Waals surface area contributed by atoms with E-state index in [9.17, 15) is 14.7 Å². The van der Waals surface area contributed by atoms with Gasteiger partial charge in [-0.2, -0.15) is 0 Å². The van der Waals surface area contributed by atoms with Crippen LogP contribution in [0.25, 0.3) is 0 Å². The Kier molecular flexibility index (Phi) is 7.45. The van der Waals surface area contributed by atoms with Gasteiger partial charge in [-0.3, -0.25) is 9.59 Å². The van der Waals surface area contributed by atoms with Crippen LogP contribution in [-0.4, -0.2) is 16.7 Å². The van der Waals surface area contributed by atoms with Gasteiger partial charge in [0.15, 0.2) is 11.6 Å². The molecule has 1 aliphatic carbocycles. The molecule has 0 bridgehead atoms. The average Bonchev–Trinajstić information content (AvgIpc) is 3.05. The molecule has 0 aliphatic heterocycles. The molecule has 1 N–H and O–H groups in total. The van der Waals surface area contributed by atoms with Crippen LogP contribution in [0, 0.1) is 11.8 Å². The molecule has 0 heterocycles. The van der Waals surface area contributed by atoms with Gasteiger partial charge in [0.1, 0.15) is 5.60 Å². The highest BCUT2D eigenvalue weighted by Crippen LogP contribution is 2.58. The maximum Gasteiger partial charge on any atom is 0.169 e. The molecule has 1 aliphatic rings. The van der Waals surface area contributed by atoms with Crippen LogP contribution < -0.4 is 0 Å². The standard InChI is InChI=1S/C38H32O3/c39-36(29-20-10-3-11-21-29)34-32(27-16-6-1-7-17-27)26-38(41,31-24-14-5-15-25-31)35(33(34)28-18-8-2-9-19-28)37(40)30-22-12-4-13-23-30/h1-25,32-35,41H,26H2/t32-,33-,34+,35-,38-/m0/s1. The normalized spacial score (nSPS) is 23.9. The zero-order valence-corrected chi connectivity index (χ0v) is 22.7. The highest BCUT2D eigenvalue weighted by Gasteiger charge is 2.58. The number of rotatable bonds is 7. The first-order chi connectivity index (χ1) is 20.1. The summed E-state index contributed by atoms with van der Waals surface area (Å²) in [5.74, 6) is -2.58. The molecule has 5 atom stereocenters. The maximum atomic E-state index is 14.6. The summed E-state index contributed by atoms with van der Waals surface area (Å²) in [5, 5.41) is 12.9. The first kappa shape index (κ1) is 26.6. The predicted octanol–water partition coefficient (Wildman–Crippen LogP) is 7.84. The number of benzene rings is 5. The first-order valence-corrected chi connectivity index (χ1v) is 14.1. The summed E-state index contributed by atoms with van der Waals surface area (Å²) in [4.78, 5) is 29.3. The zero-order valence-electron chi connectivity index (χ0n) is 22.7. The highest BCUT2D eigenvalue weighted by molar-refractivity contribution is 6.03. The fourth-order valence-corrected chi connectivity index (χ4v) is 6.77. The summed E-state index contributed by atoms with van der Waals surface area (Å²) in [6.07, 6.45) is 0.233. The SMILES string of the molecule is O=C(c1ccccc1)[C@H]1[C@H](c2ccccc2)[C@@H](C(=O)c2ccccc2)[C@@](O)(c2ccccc2)C[C@H]1c1ccccc1. The van der Waals surface area contributed by atoms with Crippen LogP contribution in [0.2, 0.25) is 0 Å². The molecule has 0 radical (unpaired) electrons. The van der Waals surface area contributed by atoms with Crippen LogP contribution in [0.15, 0.2) is 152 Å². The fourth-order valence-electron chi connectivity index (χ4n) is 6.77. The van der Waals surface area contributed by atoms with Crippen molar-refractivity contribution < 1.29 is 14.7 Å². The van der Waals surface area contributed by atoms with Gasteiger partial charge in [-0.1, -0.05) is 152 Å². The molecule has 3 nitrogen and oxygen atoms in total. The van der Waals surface area contributed by atoms with E-state index in [4.69, 9.17) is 0 Å². The largest absolute Gasteiger partial charge is 0.384 e. The molecule has 5 aromatic carbocycles. The van der Waals surface area contributed by atoms with Crippen LogP contribution in [-0.2, 0) is 5.60 Å². The van der Waals surface area contributed by atoms with E-state index in [1.165, 1.54) is 0 Å². The molecule has 0 unspecified atom stereocenters. The molecule has 41 heavy (non-hydrogen) atoms. The predicted molar refractivity (Wildman–Crippen MR) is 162 cm³/mol. The van der Waals surface area contributed by atoms with E-state index < -0.39 is 23.4 Å². The number of hydrogen-bond donors (Lipinski definition) is 1. The molecular weight excluding hydrogens is 504 g/mol. The molecule has 202 valence electrons. The number of ketones is 2. The number of hydrogen-bond acceptors (Lipinski definition) is 3. The summed E-state index contributed by atoms with van der Waals surface area (Å²) in [6, 6.07) is 47.8. The third-order valence-electron chi connectivity index (χ3n) is 8.61. The van der Waals surface area contributed by atoms with Crippen molar-refractivity contribution in [2.75, 3.05) is 0 Å². The fraction of sp³-hybridized carbons (Fsp3) is 0.158. The van der Waals surface area contributed by atoms with Gasteiger partial charge in [0, 0.05) is 23.0 Å². The molecule has 0 spiro atoms. The van der Waals surface area contributed by atoms with Gasteiger partial charge in [0.2, 0.25) is 0 Å².